The molecule has 1 fully saturated rings. The first kappa shape index (κ1) is 24.7. The van der Waals surface area contributed by atoms with Gasteiger partial charge in [0, 0.05) is 83.7 Å². The van der Waals surface area contributed by atoms with Crippen LogP contribution in [0.15, 0.2) is 0 Å². The van der Waals surface area contributed by atoms with E-state index in [1.165, 1.54) is 0 Å². The van der Waals surface area contributed by atoms with Gasteiger partial charge in [0.25, 0.3) is 0 Å². The third-order valence-corrected chi connectivity index (χ3v) is 5.07. The SMILES string of the molecule is CC1(CN)CNCCNCC(CN)(NC(=O)CCCC(=O)O)CNCCNC1. The van der Waals surface area contributed by atoms with Gasteiger partial charge in [-0.25, -0.2) is 0 Å². The Balaban J connectivity index is 2.61. The molecule has 1 rings (SSSR count). The van der Waals surface area contributed by atoms with Crippen molar-refractivity contribution in [3.63, 3.8) is 0 Å². The Morgan fingerprint density at radius 2 is 1.39 bits per heavy atom. The monoisotopic (exact) mass is 401 g/mol. The Morgan fingerprint density at radius 3 is 1.82 bits per heavy atom. The summed E-state index contributed by atoms with van der Waals surface area (Å²) in [4.78, 5) is 22.9. The van der Waals surface area contributed by atoms with E-state index in [1.54, 1.807) is 0 Å². The lowest BCUT2D eigenvalue weighted by atomic mass is 9.90. The first-order valence-electron chi connectivity index (χ1n) is 10.1. The van der Waals surface area contributed by atoms with Crippen molar-refractivity contribution in [3.05, 3.63) is 0 Å². The molecule has 28 heavy (non-hydrogen) atoms. The summed E-state index contributed by atoms with van der Waals surface area (Å²) in [6.45, 7) is 8.83. The third-order valence-electron chi connectivity index (χ3n) is 5.07. The van der Waals surface area contributed by atoms with Gasteiger partial charge in [0.05, 0.1) is 5.54 Å². The molecule has 0 unspecified atom stereocenters. The Bertz CT molecular complexity index is 460. The topological polar surface area (TPSA) is 167 Å². The molecular weight excluding hydrogens is 362 g/mol. The number of carboxylic acids is 1. The van der Waals surface area contributed by atoms with Crippen molar-refractivity contribution in [1.82, 2.24) is 26.6 Å². The van der Waals surface area contributed by atoms with Crippen LogP contribution in [0.4, 0.5) is 0 Å². The Kier molecular flexibility index (Phi) is 11.5. The first-order valence-corrected chi connectivity index (χ1v) is 10.1. The van der Waals surface area contributed by atoms with Crippen LogP contribution in [0, 0.1) is 5.41 Å². The molecule has 0 saturated carbocycles. The largest absolute Gasteiger partial charge is 0.481 e. The Labute approximate surface area is 167 Å². The van der Waals surface area contributed by atoms with Gasteiger partial charge in [0.15, 0.2) is 0 Å². The molecule has 0 bridgehead atoms. The van der Waals surface area contributed by atoms with Gasteiger partial charge in [0.2, 0.25) is 5.91 Å². The van der Waals surface area contributed by atoms with Gasteiger partial charge in [-0.15, -0.1) is 0 Å². The highest BCUT2D eigenvalue weighted by atomic mass is 16.4. The fraction of sp³-hybridized carbons (Fsp3) is 0.889. The van der Waals surface area contributed by atoms with Gasteiger partial charge in [-0.05, 0) is 6.42 Å². The molecule has 10 heteroatoms. The smallest absolute Gasteiger partial charge is 0.303 e. The molecule has 1 amide bonds. The number of aliphatic carboxylic acids is 1. The summed E-state index contributed by atoms with van der Waals surface area (Å²) in [7, 11) is 0. The number of nitrogens with one attached hydrogen (secondary N) is 5. The Morgan fingerprint density at radius 1 is 0.893 bits per heavy atom. The maximum Gasteiger partial charge on any atom is 0.303 e. The average molecular weight is 402 g/mol. The number of hydrogen-bond donors (Lipinski definition) is 8. The fourth-order valence-corrected chi connectivity index (χ4v) is 3.10. The lowest BCUT2D eigenvalue weighted by Gasteiger charge is -2.35. The van der Waals surface area contributed by atoms with Crippen molar-refractivity contribution in [2.45, 2.75) is 31.7 Å². The van der Waals surface area contributed by atoms with Gasteiger partial charge in [0.1, 0.15) is 0 Å². The first-order chi connectivity index (χ1) is 13.3. The standard InChI is InChI=1S/C18H39N7O3/c1-17(9-19)11-21-5-7-23-13-18(10-20,14-24-8-6-22-12-17)25-15(26)3-2-4-16(27)28/h21-24H,2-14,19-20H2,1H3,(H,25,26)(H,27,28). The zero-order valence-electron chi connectivity index (χ0n) is 17.1. The lowest BCUT2D eigenvalue weighted by molar-refractivity contribution is -0.137. The second kappa shape index (κ2) is 13.0. The molecule has 1 aliphatic rings. The molecule has 0 radical (unpaired) electrons. The second-order valence-corrected chi connectivity index (χ2v) is 8.00. The number of nitrogens with two attached hydrogens (primary N) is 2. The van der Waals surface area contributed by atoms with Gasteiger partial charge in [-0.2, -0.15) is 0 Å². The van der Waals surface area contributed by atoms with Crippen LogP contribution in [-0.4, -0.2) is 88.0 Å². The van der Waals surface area contributed by atoms with Crippen molar-refractivity contribution < 1.29 is 14.7 Å². The van der Waals surface area contributed by atoms with Gasteiger partial charge in [-0.3, -0.25) is 9.59 Å². The van der Waals surface area contributed by atoms with Crippen molar-refractivity contribution in [2.75, 3.05) is 65.4 Å². The zero-order chi connectivity index (χ0) is 20.9. The van der Waals surface area contributed by atoms with Crippen LogP contribution in [0.3, 0.4) is 0 Å². The molecule has 0 aromatic carbocycles. The van der Waals surface area contributed by atoms with E-state index in [4.69, 9.17) is 16.6 Å². The van der Waals surface area contributed by atoms with Crippen molar-refractivity contribution in [1.29, 1.82) is 0 Å². The molecule has 1 saturated heterocycles. The summed E-state index contributed by atoms with van der Waals surface area (Å²) in [6.07, 6.45) is 0.476. The highest BCUT2D eigenvalue weighted by Crippen LogP contribution is 2.11. The van der Waals surface area contributed by atoms with Crippen LogP contribution < -0.4 is 38.1 Å². The number of hydrogen-bond acceptors (Lipinski definition) is 8. The number of carbonyl (C=O) groups is 2. The van der Waals surface area contributed by atoms with E-state index in [0.717, 1.165) is 39.3 Å². The van der Waals surface area contributed by atoms with Crippen molar-refractivity contribution in [2.24, 2.45) is 16.9 Å². The van der Waals surface area contributed by atoms with Crippen LogP contribution in [-0.2, 0) is 9.59 Å². The Hall–Kier alpha value is -1.30. The molecule has 164 valence electrons. The lowest BCUT2D eigenvalue weighted by Crippen LogP contribution is -2.65. The highest BCUT2D eigenvalue weighted by Gasteiger charge is 2.30. The van der Waals surface area contributed by atoms with E-state index in [9.17, 15) is 9.59 Å². The summed E-state index contributed by atoms with van der Waals surface area (Å²) in [5.41, 5.74) is 11.3. The van der Waals surface area contributed by atoms with Crippen LogP contribution in [0.1, 0.15) is 26.2 Å². The molecular formula is C18H39N7O3. The van der Waals surface area contributed by atoms with Crippen LogP contribution in [0.2, 0.25) is 0 Å². The molecule has 0 aliphatic carbocycles. The molecule has 10 N–H and O–H groups in total. The predicted molar refractivity (Wildman–Crippen MR) is 110 cm³/mol. The van der Waals surface area contributed by atoms with E-state index < -0.39 is 11.5 Å². The summed E-state index contributed by atoms with van der Waals surface area (Å²) in [5, 5.41) is 25.3. The molecule has 0 aromatic heterocycles. The summed E-state index contributed by atoms with van der Waals surface area (Å²) >= 11 is 0. The van der Waals surface area contributed by atoms with E-state index >= 15 is 0 Å². The second-order valence-electron chi connectivity index (χ2n) is 8.00. The minimum Gasteiger partial charge on any atom is -0.481 e. The highest BCUT2D eigenvalue weighted by molar-refractivity contribution is 5.77. The number of amides is 1. The molecule has 1 heterocycles. The van der Waals surface area contributed by atoms with E-state index in [1.807, 2.05) is 0 Å². The normalized spacial score (nSPS) is 28.2. The molecule has 0 aromatic rings. The van der Waals surface area contributed by atoms with Gasteiger partial charge in [-0.1, -0.05) is 6.92 Å². The third kappa shape index (κ3) is 9.76. The number of rotatable bonds is 7. The predicted octanol–water partition coefficient (Wildman–Crippen LogP) is -2.61. The molecule has 10 nitrogen and oxygen atoms in total. The van der Waals surface area contributed by atoms with Gasteiger partial charge >= 0.3 is 5.97 Å². The maximum atomic E-state index is 12.3. The van der Waals surface area contributed by atoms with E-state index in [0.29, 0.717) is 26.1 Å². The quantitative estimate of drug-likeness (QED) is 0.228. The summed E-state index contributed by atoms with van der Waals surface area (Å²) in [6, 6.07) is 0. The molecule has 1 aliphatic heterocycles. The minimum atomic E-state index is -0.895. The minimum absolute atomic E-state index is 0.00899. The number of carboxylic acid groups (broad SMARTS) is 1. The average Bonchev–Trinajstić information content (AvgIpc) is 2.66. The molecule has 0 atom stereocenters. The van der Waals surface area contributed by atoms with Crippen molar-refractivity contribution >= 4 is 11.9 Å². The number of carbonyl (C=O) groups excluding carboxylic acids is 1. The van der Waals surface area contributed by atoms with Crippen molar-refractivity contribution in [3.8, 4) is 0 Å². The van der Waals surface area contributed by atoms with Crippen LogP contribution in [0.5, 0.6) is 0 Å². The van der Waals surface area contributed by atoms with Crippen LogP contribution in [0.25, 0.3) is 0 Å². The van der Waals surface area contributed by atoms with E-state index in [2.05, 4.69) is 33.5 Å². The molecule has 0 spiro atoms. The zero-order valence-corrected chi connectivity index (χ0v) is 17.1. The maximum absolute atomic E-state index is 12.3. The summed E-state index contributed by atoms with van der Waals surface area (Å²) < 4.78 is 0. The van der Waals surface area contributed by atoms with Gasteiger partial charge < -0.3 is 43.2 Å². The summed E-state index contributed by atoms with van der Waals surface area (Å²) in [5.74, 6) is -1.07. The fourth-order valence-electron chi connectivity index (χ4n) is 3.10. The van der Waals surface area contributed by atoms with Crippen LogP contribution >= 0.6 is 0 Å². The van der Waals surface area contributed by atoms with E-state index in [-0.39, 0.29) is 30.7 Å².